The van der Waals surface area contributed by atoms with Crippen LogP contribution in [0.1, 0.15) is 22.7 Å². The van der Waals surface area contributed by atoms with Gasteiger partial charge in [0, 0.05) is 49.6 Å². The zero-order chi connectivity index (χ0) is 23.5. The van der Waals surface area contributed by atoms with Crippen molar-refractivity contribution in [3.8, 4) is 23.3 Å². The van der Waals surface area contributed by atoms with E-state index in [4.69, 9.17) is 24.7 Å². The van der Waals surface area contributed by atoms with Crippen LogP contribution in [-0.4, -0.2) is 56.5 Å². The highest BCUT2D eigenvalue weighted by molar-refractivity contribution is 5.59. The van der Waals surface area contributed by atoms with E-state index < -0.39 is 5.92 Å². The highest BCUT2D eigenvalue weighted by Gasteiger charge is 2.36. The number of aromatic nitrogens is 1. The Labute approximate surface area is 192 Å². The third-order valence-electron chi connectivity index (χ3n) is 6.19. The van der Waals surface area contributed by atoms with Crippen LogP contribution in [0.5, 0.6) is 17.2 Å². The third kappa shape index (κ3) is 4.27. The molecule has 2 aromatic rings. The van der Waals surface area contributed by atoms with E-state index in [1.165, 1.54) is 7.11 Å². The summed E-state index contributed by atoms with van der Waals surface area (Å²) in [6.45, 7) is 6.18. The van der Waals surface area contributed by atoms with Crippen LogP contribution in [0.4, 0.5) is 0 Å². The molecule has 1 aromatic carbocycles. The molecule has 2 aliphatic heterocycles. The molecule has 174 valence electrons. The summed E-state index contributed by atoms with van der Waals surface area (Å²) in [5.74, 6) is 0.720. The monoisotopic (exact) mass is 452 g/mol. The number of aryl methyl sites for hydroxylation is 1. The van der Waals surface area contributed by atoms with E-state index >= 15 is 0 Å². The number of allylic oxidation sites excluding steroid dienone is 1. The van der Waals surface area contributed by atoms with Gasteiger partial charge in [-0.25, -0.2) is 0 Å². The molecular formula is C24H28N4O5. The first-order chi connectivity index (χ1) is 16.0. The van der Waals surface area contributed by atoms with Gasteiger partial charge in [0.25, 0.3) is 5.56 Å². The van der Waals surface area contributed by atoms with Crippen LogP contribution in [0, 0.1) is 18.3 Å². The lowest BCUT2D eigenvalue weighted by atomic mass is 9.83. The molecule has 0 saturated carbocycles. The summed E-state index contributed by atoms with van der Waals surface area (Å²) in [6, 6.07) is 9.23. The number of pyridine rings is 1. The smallest absolute Gasteiger partial charge is 0.258 e. The number of nitrogens with two attached hydrogens (primary N) is 1. The summed E-state index contributed by atoms with van der Waals surface area (Å²) in [7, 11) is 3.10. The highest BCUT2D eigenvalue weighted by Crippen LogP contribution is 2.44. The molecule has 9 heteroatoms. The lowest BCUT2D eigenvalue weighted by Gasteiger charge is -2.29. The maximum absolute atomic E-state index is 13.8. The molecule has 0 radical (unpaired) electrons. The number of hydrogen-bond acceptors (Lipinski definition) is 8. The number of nitrogens with zero attached hydrogens (tertiary/aromatic N) is 3. The lowest BCUT2D eigenvalue weighted by molar-refractivity contribution is 0.0362. The van der Waals surface area contributed by atoms with Crippen molar-refractivity contribution in [3.05, 3.63) is 62.9 Å². The Morgan fingerprint density at radius 3 is 2.61 bits per heavy atom. The summed E-state index contributed by atoms with van der Waals surface area (Å²) in [5.41, 5.74) is 7.86. The van der Waals surface area contributed by atoms with Crippen molar-refractivity contribution in [2.24, 2.45) is 5.73 Å². The summed E-state index contributed by atoms with van der Waals surface area (Å²) in [6.07, 6.45) is 0. The number of benzene rings is 1. The second-order valence-electron chi connectivity index (χ2n) is 8.01. The Morgan fingerprint density at radius 1 is 1.18 bits per heavy atom. The predicted octanol–water partition coefficient (Wildman–Crippen LogP) is 1.72. The maximum atomic E-state index is 13.8. The normalized spacial score (nSPS) is 18.3. The maximum Gasteiger partial charge on any atom is 0.258 e. The molecule has 2 aliphatic rings. The second-order valence-corrected chi connectivity index (χ2v) is 8.01. The molecule has 33 heavy (non-hydrogen) atoms. The number of methoxy groups -OCH3 is 2. The lowest BCUT2D eigenvalue weighted by Crippen LogP contribution is -2.40. The average Bonchev–Trinajstić information content (AvgIpc) is 2.83. The van der Waals surface area contributed by atoms with Crippen molar-refractivity contribution in [3.63, 3.8) is 0 Å². The summed E-state index contributed by atoms with van der Waals surface area (Å²) < 4.78 is 23.8. The minimum absolute atomic E-state index is 0.0160. The standard InChI is InChI=1S/C24H28N4O5/c1-15-12-20-22(24(29)28(15)7-6-27-8-10-32-11-9-27)21(18(14-25)23(26)33-20)17-5-4-16(30-2)13-19(17)31-3/h4-5,12-13,21H,6-11,26H2,1-3H3/t21-/m1/s1. The molecule has 0 unspecified atom stereocenters. The van der Waals surface area contributed by atoms with Crippen molar-refractivity contribution in [2.75, 3.05) is 47.1 Å². The Hall–Kier alpha value is -3.48. The van der Waals surface area contributed by atoms with E-state index in [2.05, 4.69) is 11.0 Å². The van der Waals surface area contributed by atoms with Crippen molar-refractivity contribution in [1.29, 1.82) is 5.26 Å². The largest absolute Gasteiger partial charge is 0.497 e. The predicted molar refractivity (Wildman–Crippen MR) is 122 cm³/mol. The minimum atomic E-state index is -0.720. The Kier molecular flexibility index (Phi) is 6.58. The van der Waals surface area contributed by atoms with Crippen molar-refractivity contribution in [1.82, 2.24) is 9.47 Å². The van der Waals surface area contributed by atoms with E-state index in [9.17, 15) is 10.1 Å². The Balaban J connectivity index is 1.82. The van der Waals surface area contributed by atoms with E-state index in [-0.39, 0.29) is 17.0 Å². The van der Waals surface area contributed by atoms with Crippen LogP contribution < -0.4 is 25.5 Å². The second kappa shape index (κ2) is 9.57. The fourth-order valence-electron chi connectivity index (χ4n) is 4.40. The molecule has 0 amide bonds. The van der Waals surface area contributed by atoms with Gasteiger partial charge >= 0.3 is 0 Å². The van der Waals surface area contributed by atoms with E-state index in [1.807, 2.05) is 6.92 Å². The van der Waals surface area contributed by atoms with Crippen LogP contribution in [0.15, 0.2) is 40.5 Å². The SMILES string of the molecule is COc1ccc([C@@H]2C(C#N)=C(N)Oc3cc(C)n(CCN4CCOCC4)c(=O)c32)c(OC)c1. The molecule has 0 spiro atoms. The number of rotatable bonds is 6. The van der Waals surface area contributed by atoms with Crippen LogP contribution in [0.3, 0.4) is 0 Å². The molecule has 3 heterocycles. The molecule has 0 bridgehead atoms. The Bertz CT molecular complexity index is 1170. The van der Waals surface area contributed by atoms with Gasteiger partial charge in [-0.2, -0.15) is 5.26 Å². The van der Waals surface area contributed by atoms with Gasteiger partial charge in [0.2, 0.25) is 5.88 Å². The van der Waals surface area contributed by atoms with E-state index in [1.54, 1.807) is 35.9 Å². The summed E-state index contributed by atoms with van der Waals surface area (Å²) in [4.78, 5) is 16.1. The van der Waals surface area contributed by atoms with Gasteiger partial charge in [0.1, 0.15) is 28.9 Å². The van der Waals surface area contributed by atoms with Gasteiger partial charge in [-0.05, 0) is 13.0 Å². The van der Waals surface area contributed by atoms with Gasteiger partial charge < -0.3 is 29.2 Å². The first-order valence-electron chi connectivity index (χ1n) is 10.8. The number of morpholine rings is 1. The molecule has 2 N–H and O–H groups in total. The van der Waals surface area contributed by atoms with Crippen LogP contribution in [-0.2, 0) is 11.3 Å². The van der Waals surface area contributed by atoms with Gasteiger partial charge in [0.05, 0.1) is 38.9 Å². The molecular weight excluding hydrogens is 424 g/mol. The Morgan fingerprint density at radius 2 is 1.94 bits per heavy atom. The number of ether oxygens (including phenoxy) is 4. The highest BCUT2D eigenvalue weighted by atomic mass is 16.5. The minimum Gasteiger partial charge on any atom is -0.497 e. The molecule has 1 atom stereocenters. The van der Waals surface area contributed by atoms with Crippen LogP contribution >= 0.6 is 0 Å². The fourth-order valence-corrected chi connectivity index (χ4v) is 4.40. The van der Waals surface area contributed by atoms with Crippen molar-refractivity contribution >= 4 is 0 Å². The molecule has 4 rings (SSSR count). The zero-order valence-electron chi connectivity index (χ0n) is 19.1. The fraction of sp³-hybridized carbons (Fsp3) is 0.417. The van der Waals surface area contributed by atoms with Crippen molar-refractivity contribution in [2.45, 2.75) is 19.4 Å². The summed E-state index contributed by atoms with van der Waals surface area (Å²) >= 11 is 0. The molecule has 0 aliphatic carbocycles. The van der Waals surface area contributed by atoms with Gasteiger partial charge in [0.15, 0.2) is 0 Å². The van der Waals surface area contributed by atoms with Crippen molar-refractivity contribution < 1.29 is 18.9 Å². The van der Waals surface area contributed by atoms with Gasteiger partial charge in [-0.3, -0.25) is 9.69 Å². The zero-order valence-corrected chi connectivity index (χ0v) is 19.1. The van der Waals surface area contributed by atoms with Gasteiger partial charge in [-0.15, -0.1) is 0 Å². The first-order valence-corrected chi connectivity index (χ1v) is 10.8. The van der Waals surface area contributed by atoms with E-state index in [0.29, 0.717) is 48.1 Å². The van der Waals surface area contributed by atoms with Crippen LogP contribution in [0.2, 0.25) is 0 Å². The third-order valence-corrected chi connectivity index (χ3v) is 6.19. The average molecular weight is 453 g/mol. The summed E-state index contributed by atoms with van der Waals surface area (Å²) in [5, 5.41) is 9.91. The molecule has 1 fully saturated rings. The number of nitriles is 1. The molecule has 1 aromatic heterocycles. The van der Waals surface area contributed by atoms with E-state index in [0.717, 1.165) is 25.3 Å². The number of fused-ring (bicyclic) bond motifs is 1. The van der Waals surface area contributed by atoms with Gasteiger partial charge in [-0.1, -0.05) is 6.07 Å². The molecule has 1 saturated heterocycles. The quantitative estimate of drug-likeness (QED) is 0.705. The first kappa shape index (κ1) is 22.7. The van der Waals surface area contributed by atoms with Crippen LogP contribution in [0.25, 0.3) is 0 Å². The molecule has 9 nitrogen and oxygen atoms in total. The number of hydrogen-bond donors (Lipinski definition) is 1. The topological polar surface area (TPSA) is 112 Å².